The molecule has 0 aliphatic heterocycles. The Hall–Kier alpha value is -0.120. The molecule has 0 amide bonds. The van der Waals surface area contributed by atoms with Gasteiger partial charge in [-0.2, -0.15) is 0 Å². The first-order valence-corrected chi connectivity index (χ1v) is 5.66. The molecule has 0 radical (unpaired) electrons. The third-order valence-electron chi connectivity index (χ3n) is 3.51. The molecule has 1 atom stereocenters. The maximum absolute atomic E-state index is 9.03. The summed E-state index contributed by atoms with van der Waals surface area (Å²) in [6.45, 7) is 5.15. The molecule has 0 heterocycles. The summed E-state index contributed by atoms with van der Waals surface area (Å²) in [5.41, 5.74) is 6.25. The minimum atomic E-state index is 0.156. The average molecular weight is 201 g/mol. The summed E-state index contributed by atoms with van der Waals surface area (Å²) in [6, 6.07) is 0.214. The molecule has 0 bridgehead atoms. The molecule has 1 aliphatic rings. The van der Waals surface area contributed by atoms with Crippen LogP contribution >= 0.6 is 0 Å². The molecule has 1 aliphatic carbocycles. The summed E-state index contributed by atoms with van der Waals surface area (Å²) in [5.74, 6) is 0. The van der Waals surface area contributed by atoms with E-state index < -0.39 is 0 Å². The number of ether oxygens (including phenoxy) is 1. The lowest BCUT2D eigenvalue weighted by molar-refractivity contribution is -0.0974. The molecule has 0 saturated heterocycles. The standard InChI is InChI=1S/C11H23NO2/c1-3-10(12)11(5-6-13)7-9(8-11)14-4-2/h9-10,13H,3-8,12H2,1-2H3. The van der Waals surface area contributed by atoms with Crippen molar-refractivity contribution in [2.24, 2.45) is 11.1 Å². The van der Waals surface area contributed by atoms with E-state index in [9.17, 15) is 0 Å². The average Bonchev–Trinajstić information content (AvgIpc) is 2.13. The second kappa shape index (κ2) is 5.10. The first kappa shape index (κ1) is 12.0. The first-order chi connectivity index (χ1) is 6.68. The van der Waals surface area contributed by atoms with Crippen molar-refractivity contribution in [2.75, 3.05) is 13.2 Å². The summed E-state index contributed by atoms with van der Waals surface area (Å²) < 4.78 is 5.54. The van der Waals surface area contributed by atoms with Gasteiger partial charge in [0.25, 0.3) is 0 Å². The highest BCUT2D eigenvalue weighted by Crippen LogP contribution is 2.48. The fraction of sp³-hybridized carbons (Fsp3) is 1.00. The minimum absolute atomic E-state index is 0.156. The fourth-order valence-electron chi connectivity index (χ4n) is 2.55. The summed E-state index contributed by atoms with van der Waals surface area (Å²) >= 11 is 0. The van der Waals surface area contributed by atoms with Crippen LogP contribution in [0, 0.1) is 5.41 Å². The van der Waals surface area contributed by atoms with Gasteiger partial charge >= 0.3 is 0 Å². The van der Waals surface area contributed by atoms with Crippen LogP contribution in [0.15, 0.2) is 0 Å². The van der Waals surface area contributed by atoms with E-state index in [1.807, 2.05) is 6.92 Å². The molecular formula is C11H23NO2. The highest BCUT2D eigenvalue weighted by Gasteiger charge is 2.47. The lowest BCUT2D eigenvalue weighted by atomic mass is 9.60. The predicted octanol–water partition coefficient (Wildman–Crippen LogP) is 1.29. The molecule has 3 heteroatoms. The molecule has 0 aromatic rings. The van der Waals surface area contributed by atoms with Gasteiger partial charge in [-0.25, -0.2) is 0 Å². The molecule has 0 aromatic heterocycles. The Morgan fingerprint density at radius 1 is 1.50 bits per heavy atom. The van der Waals surface area contributed by atoms with Crippen molar-refractivity contribution in [1.29, 1.82) is 0 Å². The van der Waals surface area contributed by atoms with E-state index in [4.69, 9.17) is 15.6 Å². The SMILES string of the molecule is CCOC1CC(CCO)(C(N)CC)C1. The quantitative estimate of drug-likeness (QED) is 0.681. The zero-order chi connectivity index (χ0) is 10.6. The van der Waals surface area contributed by atoms with Crippen LogP contribution in [0.4, 0.5) is 0 Å². The van der Waals surface area contributed by atoms with Crippen LogP contribution in [0.2, 0.25) is 0 Å². The van der Waals surface area contributed by atoms with Crippen molar-refractivity contribution in [1.82, 2.24) is 0 Å². The van der Waals surface area contributed by atoms with Gasteiger partial charge in [0.1, 0.15) is 0 Å². The third-order valence-corrected chi connectivity index (χ3v) is 3.51. The molecule has 1 saturated carbocycles. The summed E-state index contributed by atoms with van der Waals surface area (Å²) in [5, 5.41) is 9.03. The second-order valence-electron chi connectivity index (χ2n) is 4.34. The maximum Gasteiger partial charge on any atom is 0.0586 e. The number of rotatable bonds is 6. The summed E-state index contributed by atoms with van der Waals surface area (Å²) in [7, 11) is 0. The number of nitrogens with two attached hydrogens (primary N) is 1. The zero-order valence-corrected chi connectivity index (χ0v) is 9.33. The normalized spacial score (nSPS) is 33.9. The maximum atomic E-state index is 9.03. The molecule has 14 heavy (non-hydrogen) atoms. The van der Waals surface area contributed by atoms with E-state index in [2.05, 4.69) is 6.92 Å². The summed E-state index contributed by atoms with van der Waals surface area (Å²) in [4.78, 5) is 0. The van der Waals surface area contributed by atoms with Crippen LogP contribution in [0.1, 0.15) is 39.5 Å². The van der Waals surface area contributed by atoms with E-state index in [0.29, 0.717) is 6.10 Å². The monoisotopic (exact) mass is 201 g/mol. The van der Waals surface area contributed by atoms with Crippen molar-refractivity contribution in [3.8, 4) is 0 Å². The van der Waals surface area contributed by atoms with Crippen molar-refractivity contribution in [3.63, 3.8) is 0 Å². The Morgan fingerprint density at radius 2 is 2.14 bits per heavy atom. The van der Waals surface area contributed by atoms with E-state index >= 15 is 0 Å². The topological polar surface area (TPSA) is 55.5 Å². The highest BCUT2D eigenvalue weighted by atomic mass is 16.5. The Balaban J connectivity index is 2.44. The fourth-order valence-corrected chi connectivity index (χ4v) is 2.55. The summed E-state index contributed by atoms with van der Waals surface area (Å²) in [6.07, 6.45) is 4.24. The second-order valence-corrected chi connectivity index (χ2v) is 4.34. The van der Waals surface area contributed by atoms with Crippen LogP contribution in [0.5, 0.6) is 0 Å². The van der Waals surface area contributed by atoms with Gasteiger partial charge in [-0.05, 0) is 38.0 Å². The number of aliphatic hydroxyl groups is 1. The number of aliphatic hydroxyl groups excluding tert-OH is 1. The Labute approximate surface area is 86.6 Å². The van der Waals surface area contributed by atoms with Gasteiger partial charge in [0.2, 0.25) is 0 Å². The number of hydrogen-bond acceptors (Lipinski definition) is 3. The van der Waals surface area contributed by atoms with Gasteiger partial charge in [-0.1, -0.05) is 6.92 Å². The number of hydrogen-bond donors (Lipinski definition) is 2. The van der Waals surface area contributed by atoms with Crippen LogP contribution in [0.3, 0.4) is 0 Å². The molecule has 1 unspecified atom stereocenters. The Morgan fingerprint density at radius 3 is 2.57 bits per heavy atom. The van der Waals surface area contributed by atoms with E-state index in [-0.39, 0.29) is 18.1 Å². The van der Waals surface area contributed by atoms with Crippen molar-refractivity contribution in [3.05, 3.63) is 0 Å². The Kier molecular flexibility index (Phi) is 4.35. The first-order valence-electron chi connectivity index (χ1n) is 5.66. The zero-order valence-electron chi connectivity index (χ0n) is 9.33. The van der Waals surface area contributed by atoms with Gasteiger partial charge < -0.3 is 15.6 Å². The largest absolute Gasteiger partial charge is 0.396 e. The van der Waals surface area contributed by atoms with E-state index in [1.54, 1.807) is 0 Å². The Bertz CT molecular complexity index is 167. The molecule has 84 valence electrons. The van der Waals surface area contributed by atoms with Crippen molar-refractivity contribution in [2.45, 2.75) is 51.7 Å². The van der Waals surface area contributed by atoms with Crippen LogP contribution in [0.25, 0.3) is 0 Å². The van der Waals surface area contributed by atoms with Crippen molar-refractivity contribution >= 4 is 0 Å². The van der Waals surface area contributed by atoms with Crippen LogP contribution < -0.4 is 5.73 Å². The van der Waals surface area contributed by atoms with Gasteiger partial charge in [0.15, 0.2) is 0 Å². The van der Waals surface area contributed by atoms with Gasteiger partial charge in [0, 0.05) is 19.3 Å². The van der Waals surface area contributed by atoms with E-state index in [1.165, 1.54) is 0 Å². The lowest BCUT2D eigenvalue weighted by Crippen LogP contribution is -2.53. The molecule has 3 N–H and O–H groups in total. The predicted molar refractivity (Wildman–Crippen MR) is 57.1 cm³/mol. The van der Waals surface area contributed by atoms with Gasteiger partial charge in [-0.3, -0.25) is 0 Å². The third kappa shape index (κ3) is 2.27. The molecule has 1 fully saturated rings. The molecule has 0 spiro atoms. The molecule has 0 aromatic carbocycles. The highest BCUT2D eigenvalue weighted by molar-refractivity contribution is 5.00. The lowest BCUT2D eigenvalue weighted by Gasteiger charge is -2.50. The van der Waals surface area contributed by atoms with Gasteiger partial charge in [-0.15, -0.1) is 0 Å². The van der Waals surface area contributed by atoms with Crippen LogP contribution in [-0.4, -0.2) is 30.5 Å². The smallest absolute Gasteiger partial charge is 0.0586 e. The molecule has 1 rings (SSSR count). The minimum Gasteiger partial charge on any atom is -0.396 e. The van der Waals surface area contributed by atoms with Crippen molar-refractivity contribution < 1.29 is 9.84 Å². The van der Waals surface area contributed by atoms with Crippen LogP contribution in [-0.2, 0) is 4.74 Å². The molecule has 3 nitrogen and oxygen atoms in total. The van der Waals surface area contributed by atoms with E-state index in [0.717, 1.165) is 32.3 Å². The molecular weight excluding hydrogens is 178 g/mol. The van der Waals surface area contributed by atoms with Gasteiger partial charge in [0.05, 0.1) is 6.10 Å².